The summed E-state index contributed by atoms with van der Waals surface area (Å²) in [6.07, 6.45) is 3.06. The summed E-state index contributed by atoms with van der Waals surface area (Å²) >= 11 is 0. The molecule has 6 heteroatoms. The number of nitrogens with zero attached hydrogens (tertiary/aromatic N) is 2. The summed E-state index contributed by atoms with van der Waals surface area (Å²) in [6.45, 7) is 11.6. The average Bonchev–Trinajstić information content (AvgIpc) is 2.46. The van der Waals surface area contributed by atoms with Crippen molar-refractivity contribution >= 4 is 10.0 Å². The number of sulfonamides is 1. The largest absolute Gasteiger partial charge is 0.317 e. The lowest BCUT2D eigenvalue weighted by Gasteiger charge is -2.41. The van der Waals surface area contributed by atoms with Crippen molar-refractivity contribution in [3.8, 4) is 0 Å². The van der Waals surface area contributed by atoms with Crippen LogP contribution in [0, 0.1) is 5.92 Å². The molecule has 0 atom stereocenters. The van der Waals surface area contributed by atoms with Crippen LogP contribution < -0.4 is 5.32 Å². The topological polar surface area (TPSA) is 52.7 Å². The third-order valence-electron chi connectivity index (χ3n) is 4.82. The monoisotopic (exact) mass is 317 g/mol. The van der Waals surface area contributed by atoms with Gasteiger partial charge in [-0.2, -0.15) is 4.31 Å². The van der Waals surface area contributed by atoms with Gasteiger partial charge in [0.25, 0.3) is 0 Å². The van der Waals surface area contributed by atoms with E-state index in [-0.39, 0.29) is 5.54 Å². The number of piperazine rings is 1. The molecule has 0 radical (unpaired) electrons. The average molecular weight is 317 g/mol. The summed E-state index contributed by atoms with van der Waals surface area (Å²) in [5, 5.41) is 3.33. The van der Waals surface area contributed by atoms with Crippen molar-refractivity contribution in [2.24, 2.45) is 5.92 Å². The second-order valence-corrected chi connectivity index (χ2v) is 9.44. The van der Waals surface area contributed by atoms with Gasteiger partial charge in [0, 0.05) is 31.7 Å². The summed E-state index contributed by atoms with van der Waals surface area (Å²) in [5.41, 5.74) is 0.130. The fraction of sp³-hybridized carbons (Fsp3) is 1.00. The van der Waals surface area contributed by atoms with E-state index < -0.39 is 10.0 Å². The summed E-state index contributed by atoms with van der Waals surface area (Å²) in [6, 6.07) is 0. The van der Waals surface area contributed by atoms with Crippen molar-refractivity contribution < 1.29 is 8.42 Å². The van der Waals surface area contributed by atoms with Crippen LogP contribution in [0.2, 0.25) is 0 Å². The van der Waals surface area contributed by atoms with E-state index in [1.165, 1.54) is 0 Å². The third kappa shape index (κ3) is 4.91. The van der Waals surface area contributed by atoms with E-state index in [2.05, 4.69) is 31.0 Å². The molecule has 2 rings (SSSR count). The van der Waals surface area contributed by atoms with E-state index in [1.54, 1.807) is 4.31 Å². The van der Waals surface area contributed by atoms with Crippen molar-refractivity contribution in [1.29, 1.82) is 0 Å². The number of rotatable bonds is 4. The molecule has 0 saturated carbocycles. The summed E-state index contributed by atoms with van der Waals surface area (Å²) in [5.74, 6) is 0.907. The Morgan fingerprint density at radius 1 is 1.05 bits per heavy atom. The van der Waals surface area contributed by atoms with Gasteiger partial charge < -0.3 is 5.32 Å². The maximum atomic E-state index is 12.5. The van der Waals surface area contributed by atoms with Gasteiger partial charge in [-0.3, -0.25) is 4.90 Å². The van der Waals surface area contributed by atoms with Crippen LogP contribution >= 0.6 is 0 Å². The van der Waals surface area contributed by atoms with Crippen molar-refractivity contribution in [2.45, 2.75) is 45.6 Å². The lowest BCUT2D eigenvalue weighted by molar-refractivity contribution is 0.0921. The van der Waals surface area contributed by atoms with Crippen LogP contribution in [0.15, 0.2) is 0 Å². The Kier molecular flexibility index (Phi) is 5.68. The zero-order valence-electron chi connectivity index (χ0n) is 13.8. The van der Waals surface area contributed by atoms with E-state index in [0.29, 0.717) is 24.8 Å². The molecule has 124 valence electrons. The van der Waals surface area contributed by atoms with Crippen LogP contribution in [0.25, 0.3) is 0 Å². The van der Waals surface area contributed by atoms with Gasteiger partial charge >= 0.3 is 0 Å². The lowest BCUT2D eigenvalue weighted by Crippen LogP contribution is -2.54. The van der Waals surface area contributed by atoms with Crippen LogP contribution in [-0.4, -0.2) is 68.2 Å². The summed E-state index contributed by atoms with van der Waals surface area (Å²) in [7, 11) is -3.07. The van der Waals surface area contributed by atoms with Crippen LogP contribution in [0.3, 0.4) is 0 Å². The molecule has 2 fully saturated rings. The van der Waals surface area contributed by atoms with Crippen LogP contribution in [-0.2, 0) is 10.0 Å². The minimum atomic E-state index is -3.07. The molecule has 0 spiro atoms. The Labute approximate surface area is 130 Å². The Hall–Kier alpha value is -0.170. The molecule has 0 bridgehead atoms. The third-order valence-corrected chi connectivity index (χ3v) is 6.73. The highest BCUT2D eigenvalue weighted by atomic mass is 32.2. The Morgan fingerprint density at radius 3 is 2.14 bits per heavy atom. The smallest absolute Gasteiger partial charge is 0.214 e. The van der Waals surface area contributed by atoms with E-state index in [4.69, 9.17) is 0 Å². The Bertz CT molecular complexity index is 417. The highest BCUT2D eigenvalue weighted by Crippen LogP contribution is 2.20. The van der Waals surface area contributed by atoms with Gasteiger partial charge in [-0.05, 0) is 59.0 Å². The molecule has 0 aromatic rings. The van der Waals surface area contributed by atoms with Gasteiger partial charge in [0.05, 0.1) is 5.75 Å². The van der Waals surface area contributed by atoms with Crippen LogP contribution in [0.1, 0.15) is 40.0 Å². The first-order valence-corrected chi connectivity index (χ1v) is 9.83. The Balaban J connectivity index is 1.80. The molecule has 2 aliphatic heterocycles. The van der Waals surface area contributed by atoms with Crippen molar-refractivity contribution in [2.75, 3.05) is 45.0 Å². The maximum Gasteiger partial charge on any atom is 0.214 e. The highest BCUT2D eigenvalue weighted by Gasteiger charge is 2.31. The summed E-state index contributed by atoms with van der Waals surface area (Å²) in [4.78, 5) is 2.37. The number of piperidine rings is 1. The minimum Gasteiger partial charge on any atom is -0.317 e. The molecule has 0 amide bonds. The molecule has 2 aliphatic rings. The lowest BCUT2D eigenvalue weighted by atomic mass is 9.96. The standard InChI is InChI=1S/C15H31N3O2S/c1-15(2,3)17-9-11-18(12-10-17)21(19,20)13-6-14-4-7-16-8-5-14/h14,16H,4-13H2,1-3H3. The zero-order valence-corrected chi connectivity index (χ0v) is 14.6. The number of nitrogens with one attached hydrogen (secondary N) is 1. The fourth-order valence-electron chi connectivity index (χ4n) is 3.25. The molecular weight excluding hydrogens is 286 g/mol. The molecule has 5 nitrogen and oxygen atoms in total. The molecule has 0 aromatic heterocycles. The van der Waals surface area contributed by atoms with E-state index in [1.807, 2.05) is 0 Å². The molecular formula is C15H31N3O2S. The molecule has 21 heavy (non-hydrogen) atoms. The predicted octanol–water partition coefficient (Wildman–Crippen LogP) is 1.12. The van der Waals surface area contributed by atoms with Crippen molar-refractivity contribution in [3.05, 3.63) is 0 Å². The first-order chi connectivity index (χ1) is 9.79. The Morgan fingerprint density at radius 2 is 1.62 bits per heavy atom. The molecule has 0 unspecified atom stereocenters. The van der Waals surface area contributed by atoms with Crippen molar-refractivity contribution in [1.82, 2.24) is 14.5 Å². The minimum absolute atomic E-state index is 0.130. The van der Waals surface area contributed by atoms with Crippen LogP contribution in [0.4, 0.5) is 0 Å². The normalized spacial score (nSPS) is 24.3. The SMILES string of the molecule is CC(C)(C)N1CCN(S(=O)(=O)CCC2CCNCC2)CC1. The van der Waals surface area contributed by atoms with Gasteiger partial charge in [0.1, 0.15) is 0 Å². The van der Waals surface area contributed by atoms with Gasteiger partial charge in [0.15, 0.2) is 0 Å². The first-order valence-electron chi connectivity index (χ1n) is 8.22. The molecule has 2 heterocycles. The number of hydrogen-bond donors (Lipinski definition) is 1. The maximum absolute atomic E-state index is 12.5. The summed E-state index contributed by atoms with van der Waals surface area (Å²) < 4.78 is 26.7. The molecule has 2 saturated heterocycles. The van der Waals surface area contributed by atoms with E-state index >= 15 is 0 Å². The molecule has 1 N–H and O–H groups in total. The number of hydrogen-bond acceptors (Lipinski definition) is 4. The predicted molar refractivity (Wildman–Crippen MR) is 86.9 cm³/mol. The fourth-order valence-corrected chi connectivity index (χ4v) is 4.86. The van der Waals surface area contributed by atoms with Crippen LogP contribution in [0.5, 0.6) is 0 Å². The molecule has 0 aliphatic carbocycles. The molecule has 0 aromatic carbocycles. The van der Waals surface area contributed by atoms with E-state index in [9.17, 15) is 8.42 Å². The van der Waals surface area contributed by atoms with Gasteiger partial charge in [0.2, 0.25) is 10.0 Å². The van der Waals surface area contributed by atoms with Gasteiger partial charge in [-0.25, -0.2) is 8.42 Å². The van der Waals surface area contributed by atoms with E-state index in [0.717, 1.165) is 45.4 Å². The quantitative estimate of drug-likeness (QED) is 0.844. The second kappa shape index (κ2) is 6.94. The van der Waals surface area contributed by atoms with Gasteiger partial charge in [-0.1, -0.05) is 0 Å². The van der Waals surface area contributed by atoms with Crippen molar-refractivity contribution in [3.63, 3.8) is 0 Å². The highest BCUT2D eigenvalue weighted by molar-refractivity contribution is 7.89. The first kappa shape index (κ1) is 17.2. The zero-order chi connectivity index (χ0) is 15.5. The van der Waals surface area contributed by atoms with Gasteiger partial charge in [-0.15, -0.1) is 0 Å². The second-order valence-electron chi connectivity index (χ2n) is 7.35.